The van der Waals surface area contributed by atoms with Gasteiger partial charge in [-0.2, -0.15) is 0 Å². The van der Waals surface area contributed by atoms with Gasteiger partial charge in [-0.25, -0.2) is 9.97 Å². The first kappa shape index (κ1) is 9.23. The predicted molar refractivity (Wildman–Crippen MR) is 60.7 cm³/mol. The molecule has 0 saturated carbocycles. The number of fused-ring (bicyclic) bond motifs is 1. The minimum atomic E-state index is -0.0429. The third kappa shape index (κ3) is 1.42. The van der Waals surface area contributed by atoms with Gasteiger partial charge in [0.2, 0.25) is 5.78 Å². The van der Waals surface area contributed by atoms with Crippen LogP contribution in [0.3, 0.4) is 0 Å². The van der Waals surface area contributed by atoms with E-state index in [0.29, 0.717) is 16.2 Å². The molecule has 0 aliphatic carbocycles. The number of aromatic nitrogens is 3. The number of ketones is 1. The Kier molecular flexibility index (Phi) is 2.04. The van der Waals surface area contributed by atoms with E-state index < -0.39 is 0 Å². The second-order valence-electron chi connectivity index (χ2n) is 3.28. The van der Waals surface area contributed by atoms with Crippen LogP contribution in [0.15, 0.2) is 42.3 Å². The first-order valence-corrected chi connectivity index (χ1v) is 5.59. The lowest BCUT2D eigenvalue weighted by atomic mass is 10.2. The second-order valence-corrected chi connectivity index (χ2v) is 4.23. The van der Waals surface area contributed by atoms with Gasteiger partial charge in [0.1, 0.15) is 12.0 Å². The molecule has 3 aromatic rings. The SMILES string of the molecule is O=C(c1ccn2cncc2n1)c1cccs1. The topological polar surface area (TPSA) is 47.3 Å². The average molecular weight is 229 g/mol. The number of carbonyl (C=O) groups excluding carboxylic acids is 1. The van der Waals surface area contributed by atoms with Crippen molar-refractivity contribution >= 4 is 22.8 Å². The summed E-state index contributed by atoms with van der Waals surface area (Å²) in [6, 6.07) is 5.36. The molecule has 0 fully saturated rings. The highest BCUT2D eigenvalue weighted by molar-refractivity contribution is 7.12. The molecule has 0 amide bonds. The summed E-state index contributed by atoms with van der Waals surface area (Å²) < 4.78 is 1.77. The van der Waals surface area contributed by atoms with Crippen LogP contribution in [-0.2, 0) is 0 Å². The average Bonchev–Trinajstić information content (AvgIpc) is 2.98. The Balaban J connectivity index is 2.09. The number of rotatable bonds is 2. The van der Waals surface area contributed by atoms with Crippen LogP contribution in [0.2, 0.25) is 0 Å². The smallest absolute Gasteiger partial charge is 0.221 e. The van der Waals surface area contributed by atoms with E-state index in [9.17, 15) is 4.79 Å². The van der Waals surface area contributed by atoms with Gasteiger partial charge in [0.05, 0.1) is 11.1 Å². The van der Waals surface area contributed by atoms with Gasteiger partial charge in [-0.1, -0.05) is 6.07 Å². The second kappa shape index (κ2) is 3.53. The Bertz CT molecular complexity index is 642. The Morgan fingerprint density at radius 1 is 1.38 bits per heavy atom. The van der Waals surface area contributed by atoms with E-state index in [0.717, 1.165) is 0 Å². The number of carbonyl (C=O) groups is 1. The lowest BCUT2D eigenvalue weighted by molar-refractivity contribution is 0.103. The molecule has 0 bridgehead atoms. The molecule has 0 saturated heterocycles. The molecule has 0 radical (unpaired) electrons. The van der Waals surface area contributed by atoms with Crippen LogP contribution in [0.25, 0.3) is 5.65 Å². The normalized spacial score (nSPS) is 10.8. The van der Waals surface area contributed by atoms with Crippen molar-refractivity contribution in [2.45, 2.75) is 0 Å². The molecule has 3 aromatic heterocycles. The Morgan fingerprint density at radius 3 is 3.12 bits per heavy atom. The van der Waals surface area contributed by atoms with Gasteiger partial charge in [-0.3, -0.25) is 9.20 Å². The molecule has 3 heterocycles. The predicted octanol–water partition coefficient (Wildman–Crippen LogP) is 2.02. The molecule has 0 N–H and O–H groups in total. The van der Waals surface area contributed by atoms with Gasteiger partial charge >= 0.3 is 0 Å². The lowest BCUT2D eigenvalue weighted by Crippen LogP contribution is -2.03. The molecule has 0 aliphatic rings. The molecule has 0 atom stereocenters. The molecule has 3 rings (SSSR count). The fourth-order valence-electron chi connectivity index (χ4n) is 1.47. The fraction of sp³-hybridized carbons (Fsp3) is 0. The van der Waals surface area contributed by atoms with Crippen molar-refractivity contribution in [3.63, 3.8) is 0 Å². The van der Waals surface area contributed by atoms with Gasteiger partial charge in [0.15, 0.2) is 5.65 Å². The van der Waals surface area contributed by atoms with Gasteiger partial charge in [-0.15, -0.1) is 11.3 Å². The van der Waals surface area contributed by atoms with Crippen LogP contribution in [0.5, 0.6) is 0 Å². The summed E-state index contributed by atoms with van der Waals surface area (Å²) in [4.78, 5) is 20.9. The van der Waals surface area contributed by atoms with Crippen molar-refractivity contribution < 1.29 is 4.79 Å². The zero-order valence-electron chi connectivity index (χ0n) is 8.20. The maximum atomic E-state index is 12.0. The maximum Gasteiger partial charge on any atom is 0.221 e. The molecule has 0 spiro atoms. The van der Waals surface area contributed by atoms with Crippen LogP contribution in [0.4, 0.5) is 0 Å². The van der Waals surface area contributed by atoms with Crippen molar-refractivity contribution in [2.75, 3.05) is 0 Å². The zero-order chi connectivity index (χ0) is 11.0. The van der Waals surface area contributed by atoms with E-state index in [-0.39, 0.29) is 5.78 Å². The summed E-state index contributed by atoms with van der Waals surface area (Å²) in [6.45, 7) is 0. The fourth-order valence-corrected chi connectivity index (χ4v) is 2.14. The van der Waals surface area contributed by atoms with E-state index in [4.69, 9.17) is 0 Å². The summed E-state index contributed by atoms with van der Waals surface area (Å²) in [5.74, 6) is -0.0429. The molecular formula is C11H7N3OS. The Morgan fingerprint density at radius 2 is 2.31 bits per heavy atom. The van der Waals surface area contributed by atoms with Crippen LogP contribution in [0, 0.1) is 0 Å². The van der Waals surface area contributed by atoms with Crippen molar-refractivity contribution in [2.24, 2.45) is 0 Å². The largest absolute Gasteiger partial charge is 0.291 e. The molecule has 0 aliphatic heterocycles. The maximum absolute atomic E-state index is 12.0. The van der Waals surface area contributed by atoms with E-state index in [1.54, 1.807) is 35.3 Å². The molecule has 78 valence electrons. The molecule has 5 heteroatoms. The summed E-state index contributed by atoms with van der Waals surface area (Å²) in [6.07, 6.45) is 5.07. The first-order chi connectivity index (χ1) is 7.84. The van der Waals surface area contributed by atoms with E-state index in [1.807, 2.05) is 11.4 Å². The van der Waals surface area contributed by atoms with E-state index in [2.05, 4.69) is 9.97 Å². The lowest BCUT2D eigenvalue weighted by Gasteiger charge is -1.98. The van der Waals surface area contributed by atoms with Crippen LogP contribution < -0.4 is 0 Å². The summed E-state index contributed by atoms with van der Waals surface area (Å²) in [5, 5.41) is 1.88. The molecule has 4 nitrogen and oxygen atoms in total. The monoisotopic (exact) mass is 229 g/mol. The van der Waals surface area contributed by atoms with Crippen molar-refractivity contribution in [1.82, 2.24) is 14.4 Å². The molecular weight excluding hydrogens is 222 g/mol. The van der Waals surface area contributed by atoms with Gasteiger partial charge in [0.25, 0.3) is 0 Å². The number of hydrogen-bond acceptors (Lipinski definition) is 4. The molecule has 0 unspecified atom stereocenters. The van der Waals surface area contributed by atoms with Crippen LogP contribution >= 0.6 is 11.3 Å². The van der Waals surface area contributed by atoms with Crippen LogP contribution in [0.1, 0.15) is 15.4 Å². The minimum absolute atomic E-state index is 0.0429. The quantitative estimate of drug-likeness (QED) is 0.632. The van der Waals surface area contributed by atoms with Crippen molar-refractivity contribution in [3.05, 3.63) is 52.9 Å². The highest BCUT2D eigenvalue weighted by Gasteiger charge is 2.11. The summed E-state index contributed by atoms with van der Waals surface area (Å²) in [5.41, 5.74) is 1.14. The Labute approximate surface area is 95.2 Å². The highest BCUT2D eigenvalue weighted by atomic mass is 32.1. The van der Waals surface area contributed by atoms with Gasteiger partial charge < -0.3 is 0 Å². The number of thiophene rings is 1. The molecule has 0 aromatic carbocycles. The Hall–Kier alpha value is -2.01. The van der Waals surface area contributed by atoms with Crippen molar-refractivity contribution in [3.8, 4) is 0 Å². The standard InChI is InChI=1S/C11H7N3OS/c15-11(9-2-1-5-16-9)8-3-4-14-7-12-6-10(14)13-8/h1-7H. The number of hydrogen-bond donors (Lipinski definition) is 0. The minimum Gasteiger partial charge on any atom is -0.291 e. The number of nitrogens with zero attached hydrogens (tertiary/aromatic N) is 3. The highest BCUT2D eigenvalue weighted by Crippen LogP contribution is 2.14. The van der Waals surface area contributed by atoms with E-state index in [1.165, 1.54) is 11.3 Å². The third-order valence-corrected chi connectivity index (χ3v) is 3.12. The third-order valence-electron chi connectivity index (χ3n) is 2.25. The molecule has 16 heavy (non-hydrogen) atoms. The van der Waals surface area contributed by atoms with Gasteiger partial charge in [-0.05, 0) is 17.5 Å². The van der Waals surface area contributed by atoms with Gasteiger partial charge in [0, 0.05) is 6.20 Å². The van der Waals surface area contributed by atoms with E-state index >= 15 is 0 Å². The number of imidazole rings is 1. The summed E-state index contributed by atoms with van der Waals surface area (Å²) >= 11 is 1.42. The van der Waals surface area contributed by atoms with Crippen LogP contribution in [-0.4, -0.2) is 20.2 Å². The zero-order valence-corrected chi connectivity index (χ0v) is 9.02. The van der Waals surface area contributed by atoms with Crippen molar-refractivity contribution in [1.29, 1.82) is 0 Å². The summed E-state index contributed by atoms with van der Waals surface area (Å²) in [7, 11) is 0. The first-order valence-electron chi connectivity index (χ1n) is 4.71.